The van der Waals surface area contributed by atoms with Crippen molar-refractivity contribution in [3.63, 3.8) is 0 Å². The Hall–Kier alpha value is -3.62. The van der Waals surface area contributed by atoms with E-state index in [0.717, 1.165) is 4.47 Å². The van der Waals surface area contributed by atoms with E-state index in [4.69, 9.17) is 0 Å². The van der Waals surface area contributed by atoms with Crippen LogP contribution >= 0.6 is 15.9 Å². The average molecular weight is 557 g/mol. The van der Waals surface area contributed by atoms with Gasteiger partial charge in [-0.15, -0.1) is 0 Å². The zero-order chi connectivity index (χ0) is 26.2. The molecule has 1 nitrogen and oxygen atoms in total. The lowest BCUT2D eigenvalue weighted by Gasteiger charge is -2.49. The first-order valence-electron chi connectivity index (χ1n) is 13.3. The van der Waals surface area contributed by atoms with Gasteiger partial charge in [-0.1, -0.05) is 116 Å². The first-order valence-corrected chi connectivity index (χ1v) is 14.1. The van der Waals surface area contributed by atoms with Crippen molar-refractivity contribution >= 4 is 33.0 Å². The van der Waals surface area contributed by atoms with Gasteiger partial charge in [-0.25, -0.2) is 0 Å². The van der Waals surface area contributed by atoms with Crippen molar-refractivity contribution < 1.29 is 0 Å². The number of hydrogen-bond donors (Lipinski definition) is 0. The second-order valence-corrected chi connectivity index (χ2v) is 12.5. The normalized spacial score (nSPS) is 15.9. The molecule has 0 unspecified atom stereocenters. The highest BCUT2D eigenvalue weighted by Gasteiger charge is 2.45. The summed E-state index contributed by atoms with van der Waals surface area (Å²) in [5.41, 5.74) is 14.0. The molecule has 0 bridgehead atoms. The maximum absolute atomic E-state index is 3.89. The lowest BCUT2D eigenvalue weighted by molar-refractivity contribution is 0.597. The van der Waals surface area contributed by atoms with Gasteiger partial charge >= 0.3 is 0 Å². The molecule has 0 fully saturated rings. The molecule has 0 saturated carbocycles. The first-order chi connectivity index (χ1) is 18.3. The van der Waals surface area contributed by atoms with Gasteiger partial charge in [0, 0.05) is 15.3 Å². The van der Waals surface area contributed by atoms with Crippen LogP contribution in [0.3, 0.4) is 0 Å². The fourth-order valence-corrected chi connectivity index (χ4v) is 7.00. The van der Waals surface area contributed by atoms with Crippen molar-refractivity contribution in [1.82, 2.24) is 0 Å². The number of hydrogen-bond acceptors (Lipinski definition) is 1. The van der Waals surface area contributed by atoms with Gasteiger partial charge in [0.2, 0.25) is 0 Å². The lowest BCUT2D eigenvalue weighted by atomic mass is 9.66. The molecule has 186 valence electrons. The van der Waals surface area contributed by atoms with Crippen LogP contribution in [0.5, 0.6) is 0 Å². The summed E-state index contributed by atoms with van der Waals surface area (Å²) in [6.45, 7) is 9.50. The SMILES string of the molecule is CC1(C)c2cc(-c3ccccc3)ccc2N2c3ccc(-c4ccccc4)cc3C(C)(C)c3cc(Br)cc1c32. The van der Waals surface area contributed by atoms with Crippen LogP contribution in [0.1, 0.15) is 49.9 Å². The Morgan fingerprint density at radius 3 is 1.32 bits per heavy atom. The number of anilines is 3. The molecule has 0 N–H and O–H groups in total. The van der Waals surface area contributed by atoms with Gasteiger partial charge in [-0.05, 0) is 80.9 Å². The highest BCUT2D eigenvalue weighted by atomic mass is 79.9. The molecule has 0 amide bonds. The third-order valence-corrected chi connectivity index (χ3v) is 9.14. The third kappa shape index (κ3) is 3.29. The van der Waals surface area contributed by atoms with Crippen molar-refractivity contribution in [3.8, 4) is 22.3 Å². The van der Waals surface area contributed by atoms with Gasteiger partial charge in [-0.3, -0.25) is 0 Å². The van der Waals surface area contributed by atoms with E-state index in [2.05, 4.69) is 158 Å². The minimum atomic E-state index is -0.151. The molecule has 7 rings (SSSR count). The summed E-state index contributed by atoms with van der Waals surface area (Å²) in [5, 5.41) is 0. The smallest absolute Gasteiger partial charge is 0.0544 e. The topological polar surface area (TPSA) is 3.24 Å². The summed E-state index contributed by atoms with van der Waals surface area (Å²) in [6, 6.07) is 40.1. The number of benzene rings is 5. The molecule has 0 radical (unpaired) electrons. The van der Waals surface area contributed by atoms with Crippen molar-refractivity contribution in [2.24, 2.45) is 0 Å². The molecule has 0 aromatic heterocycles. The largest absolute Gasteiger partial charge is 0.309 e. The lowest BCUT2D eigenvalue weighted by Crippen LogP contribution is -2.38. The molecule has 0 saturated heterocycles. The van der Waals surface area contributed by atoms with E-state index in [-0.39, 0.29) is 10.8 Å². The van der Waals surface area contributed by atoms with Crippen LogP contribution in [0.15, 0.2) is 114 Å². The van der Waals surface area contributed by atoms with Crippen LogP contribution < -0.4 is 4.90 Å². The standard InChI is InChI=1S/C36H30BrN/c1-35(2)28-19-25(23-11-7-5-8-12-23)15-17-32(28)38-33-18-16-26(24-13-9-6-10-14-24)20-29(33)36(3,4)31-22-27(37)21-30(35)34(31)38/h5-22H,1-4H3. The Morgan fingerprint density at radius 1 is 0.474 bits per heavy atom. The van der Waals surface area contributed by atoms with E-state index < -0.39 is 0 Å². The maximum Gasteiger partial charge on any atom is 0.0544 e. The minimum absolute atomic E-state index is 0.151. The summed E-state index contributed by atoms with van der Waals surface area (Å²) in [4.78, 5) is 2.53. The van der Waals surface area contributed by atoms with Crippen LogP contribution in [0, 0.1) is 0 Å². The first kappa shape index (κ1) is 23.5. The quantitative estimate of drug-likeness (QED) is 0.209. The van der Waals surface area contributed by atoms with Crippen molar-refractivity contribution in [2.45, 2.75) is 38.5 Å². The Kier molecular flexibility index (Phi) is 5.06. The number of rotatable bonds is 2. The fourth-order valence-electron chi connectivity index (χ4n) is 6.54. The monoisotopic (exact) mass is 555 g/mol. The van der Waals surface area contributed by atoms with Gasteiger partial charge in [-0.2, -0.15) is 0 Å². The van der Waals surface area contributed by atoms with Crippen molar-refractivity contribution in [3.05, 3.63) is 136 Å². The van der Waals surface area contributed by atoms with Crippen LogP contribution in [-0.4, -0.2) is 0 Å². The van der Waals surface area contributed by atoms with Crippen LogP contribution in [0.4, 0.5) is 17.1 Å². The fraction of sp³-hybridized carbons (Fsp3) is 0.167. The Bertz CT molecular complexity index is 1590. The Morgan fingerprint density at radius 2 is 0.895 bits per heavy atom. The van der Waals surface area contributed by atoms with Gasteiger partial charge in [0.05, 0.1) is 17.1 Å². The molecule has 0 spiro atoms. The van der Waals surface area contributed by atoms with Crippen molar-refractivity contribution in [2.75, 3.05) is 4.90 Å². The Labute approximate surface area is 233 Å². The predicted molar refractivity (Wildman–Crippen MR) is 164 cm³/mol. The average Bonchev–Trinajstić information content (AvgIpc) is 2.93. The number of halogens is 1. The summed E-state index contributed by atoms with van der Waals surface area (Å²) in [7, 11) is 0. The van der Waals surface area contributed by atoms with E-state index in [1.807, 2.05) is 0 Å². The molecule has 5 aromatic carbocycles. The van der Waals surface area contributed by atoms with Gasteiger partial charge in [0.1, 0.15) is 0 Å². The van der Waals surface area contributed by atoms with Gasteiger partial charge < -0.3 is 4.90 Å². The second kappa shape index (κ2) is 8.19. The van der Waals surface area contributed by atoms with E-state index in [1.54, 1.807) is 0 Å². The molecule has 2 heteroatoms. The zero-order valence-corrected chi connectivity index (χ0v) is 23.8. The van der Waals surface area contributed by atoms with E-state index >= 15 is 0 Å². The van der Waals surface area contributed by atoms with Gasteiger partial charge in [0.15, 0.2) is 0 Å². The van der Waals surface area contributed by atoms with E-state index in [1.165, 1.54) is 61.6 Å². The molecule has 0 aliphatic carbocycles. The van der Waals surface area contributed by atoms with Crippen molar-refractivity contribution in [1.29, 1.82) is 0 Å². The van der Waals surface area contributed by atoms with Crippen LogP contribution in [0.2, 0.25) is 0 Å². The maximum atomic E-state index is 3.89. The predicted octanol–water partition coefficient (Wildman–Crippen LogP) is 10.5. The third-order valence-electron chi connectivity index (χ3n) is 8.68. The van der Waals surface area contributed by atoms with E-state index in [9.17, 15) is 0 Å². The summed E-state index contributed by atoms with van der Waals surface area (Å²) in [6.07, 6.45) is 0. The molecular formula is C36H30BrN. The molecule has 2 heterocycles. The summed E-state index contributed by atoms with van der Waals surface area (Å²) >= 11 is 3.89. The minimum Gasteiger partial charge on any atom is -0.309 e. The molecule has 5 aromatic rings. The molecule has 38 heavy (non-hydrogen) atoms. The highest BCUT2D eigenvalue weighted by molar-refractivity contribution is 9.10. The van der Waals surface area contributed by atoms with Crippen LogP contribution in [-0.2, 0) is 10.8 Å². The number of nitrogens with zero attached hydrogens (tertiary/aromatic N) is 1. The number of fused-ring (bicyclic) bond motifs is 4. The zero-order valence-electron chi connectivity index (χ0n) is 22.2. The second-order valence-electron chi connectivity index (χ2n) is 11.6. The molecular weight excluding hydrogens is 526 g/mol. The van der Waals surface area contributed by atoms with E-state index in [0.29, 0.717) is 0 Å². The molecule has 2 aliphatic heterocycles. The summed E-state index contributed by atoms with van der Waals surface area (Å²) in [5.74, 6) is 0. The van der Waals surface area contributed by atoms with Gasteiger partial charge in [0.25, 0.3) is 0 Å². The Balaban J connectivity index is 1.52. The summed E-state index contributed by atoms with van der Waals surface area (Å²) < 4.78 is 1.14. The van der Waals surface area contributed by atoms with Crippen LogP contribution in [0.25, 0.3) is 22.3 Å². The molecule has 2 aliphatic rings. The molecule has 0 atom stereocenters. The highest BCUT2D eigenvalue weighted by Crippen LogP contribution is 2.61.